The molecule has 3 heteroatoms. The van der Waals surface area contributed by atoms with Crippen molar-refractivity contribution in [3.05, 3.63) is 68.1 Å². The first-order valence-corrected chi connectivity index (χ1v) is 6.73. The Kier molecular flexibility index (Phi) is 3.88. The molecule has 0 fully saturated rings. The summed E-state index contributed by atoms with van der Waals surface area (Å²) in [5.41, 5.74) is 3.48. The Balaban J connectivity index is 2.44. The van der Waals surface area contributed by atoms with Crippen LogP contribution in [0.2, 0.25) is 5.02 Å². The summed E-state index contributed by atoms with van der Waals surface area (Å²) in [7, 11) is 0. The maximum absolute atomic E-state index is 12.3. The van der Waals surface area contributed by atoms with Gasteiger partial charge in [0.05, 0.1) is 5.02 Å². The summed E-state index contributed by atoms with van der Waals surface area (Å²) in [5, 5.41) is 0.465. The van der Waals surface area contributed by atoms with Gasteiger partial charge in [-0.3, -0.25) is 4.79 Å². The molecule has 0 unspecified atom stereocenters. The van der Waals surface area contributed by atoms with Gasteiger partial charge in [0.15, 0.2) is 5.78 Å². The van der Waals surface area contributed by atoms with Gasteiger partial charge in [0, 0.05) is 15.6 Å². The van der Waals surface area contributed by atoms with Crippen molar-refractivity contribution in [1.82, 2.24) is 0 Å². The fourth-order valence-electron chi connectivity index (χ4n) is 1.71. The predicted molar refractivity (Wildman–Crippen MR) is 78.5 cm³/mol. The van der Waals surface area contributed by atoms with Gasteiger partial charge in [0.2, 0.25) is 0 Å². The molecule has 0 heterocycles. The van der Waals surface area contributed by atoms with E-state index in [1.807, 2.05) is 38.1 Å². The molecular weight excluding hydrogens is 312 g/mol. The lowest BCUT2D eigenvalue weighted by molar-refractivity contribution is 0.103. The summed E-state index contributed by atoms with van der Waals surface area (Å²) in [6.45, 7) is 4.02. The van der Waals surface area contributed by atoms with Crippen LogP contribution in [0.4, 0.5) is 0 Å². The fourth-order valence-corrected chi connectivity index (χ4v) is 2.47. The Morgan fingerprint density at radius 2 is 1.78 bits per heavy atom. The van der Waals surface area contributed by atoms with E-state index in [2.05, 4.69) is 15.9 Å². The first kappa shape index (κ1) is 13.3. The summed E-state index contributed by atoms with van der Waals surface area (Å²) in [4.78, 5) is 12.3. The predicted octanol–water partition coefficient (Wildman–Crippen LogP) is 4.95. The Hall–Kier alpha value is -1.12. The maximum atomic E-state index is 12.3. The van der Waals surface area contributed by atoms with E-state index in [0.29, 0.717) is 16.1 Å². The second-order valence-electron chi connectivity index (χ2n) is 4.25. The van der Waals surface area contributed by atoms with Crippen LogP contribution in [0.15, 0.2) is 40.9 Å². The van der Waals surface area contributed by atoms with Crippen molar-refractivity contribution >= 4 is 33.3 Å². The summed E-state index contributed by atoms with van der Waals surface area (Å²) < 4.78 is 0.865. The van der Waals surface area contributed by atoms with E-state index < -0.39 is 0 Å². The van der Waals surface area contributed by atoms with E-state index in [1.54, 1.807) is 12.1 Å². The van der Waals surface area contributed by atoms with Gasteiger partial charge in [-0.05, 0) is 49.2 Å². The van der Waals surface area contributed by atoms with Crippen LogP contribution in [-0.4, -0.2) is 5.78 Å². The quantitative estimate of drug-likeness (QED) is 0.715. The first-order chi connectivity index (χ1) is 8.49. The Morgan fingerprint density at radius 3 is 2.39 bits per heavy atom. The molecule has 0 amide bonds. The van der Waals surface area contributed by atoms with Gasteiger partial charge in [-0.15, -0.1) is 0 Å². The molecule has 0 N–H and O–H groups in total. The standard InChI is InChI=1S/C15H12BrClO/c1-9-3-4-11(7-10(9)2)15(18)13-6-5-12(16)8-14(13)17/h3-8H,1-2H3. The van der Waals surface area contributed by atoms with Crippen LogP contribution in [0.3, 0.4) is 0 Å². The maximum Gasteiger partial charge on any atom is 0.194 e. The smallest absolute Gasteiger partial charge is 0.194 e. The van der Waals surface area contributed by atoms with E-state index in [0.717, 1.165) is 10.0 Å². The molecule has 0 atom stereocenters. The molecule has 0 saturated heterocycles. The summed E-state index contributed by atoms with van der Waals surface area (Å²) in [5.74, 6) is -0.0457. The Bertz CT molecular complexity index is 620. The molecule has 2 aromatic carbocycles. The number of halogens is 2. The van der Waals surface area contributed by atoms with E-state index in [1.165, 1.54) is 5.56 Å². The highest BCUT2D eigenvalue weighted by Gasteiger charge is 2.13. The van der Waals surface area contributed by atoms with Crippen LogP contribution in [-0.2, 0) is 0 Å². The molecule has 2 aromatic rings. The minimum absolute atomic E-state index is 0.0457. The molecule has 0 aliphatic rings. The third kappa shape index (κ3) is 2.65. The van der Waals surface area contributed by atoms with Crippen LogP contribution in [0.5, 0.6) is 0 Å². The SMILES string of the molecule is Cc1ccc(C(=O)c2ccc(Br)cc2Cl)cc1C. The molecule has 92 valence electrons. The number of hydrogen-bond donors (Lipinski definition) is 0. The van der Waals surface area contributed by atoms with Crippen molar-refractivity contribution < 1.29 is 4.79 Å². The van der Waals surface area contributed by atoms with Gasteiger partial charge in [0.1, 0.15) is 0 Å². The normalized spacial score (nSPS) is 10.4. The molecule has 0 aliphatic heterocycles. The summed E-state index contributed by atoms with van der Waals surface area (Å²) in [6.07, 6.45) is 0. The fraction of sp³-hybridized carbons (Fsp3) is 0.133. The Morgan fingerprint density at radius 1 is 1.06 bits per heavy atom. The number of carbonyl (C=O) groups excluding carboxylic acids is 1. The number of aryl methyl sites for hydroxylation is 2. The van der Waals surface area contributed by atoms with Crippen molar-refractivity contribution in [2.75, 3.05) is 0 Å². The minimum atomic E-state index is -0.0457. The van der Waals surface area contributed by atoms with Crippen LogP contribution >= 0.6 is 27.5 Å². The zero-order valence-electron chi connectivity index (χ0n) is 10.1. The van der Waals surface area contributed by atoms with Crippen molar-refractivity contribution in [3.8, 4) is 0 Å². The van der Waals surface area contributed by atoms with Gasteiger partial charge in [-0.25, -0.2) is 0 Å². The van der Waals surface area contributed by atoms with Crippen molar-refractivity contribution in [2.24, 2.45) is 0 Å². The van der Waals surface area contributed by atoms with Gasteiger partial charge in [-0.2, -0.15) is 0 Å². The number of ketones is 1. The molecular formula is C15H12BrClO. The number of carbonyl (C=O) groups is 1. The monoisotopic (exact) mass is 322 g/mol. The van der Waals surface area contributed by atoms with Crippen molar-refractivity contribution in [3.63, 3.8) is 0 Å². The molecule has 18 heavy (non-hydrogen) atoms. The van der Waals surface area contributed by atoms with Gasteiger partial charge < -0.3 is 0 Å². The number of hydrogen-bond acceptors (Lipinski definition) is 1. The van der Waals surface area contributed by atoms with Crippen molar-refractivity contribution in [2.45, 2.75) is 13.8 Å². The summed E-state index contributed by atoms with van der Waals surface area (Å²) in [6, 6.07) is 11.0. The highest BCUT2D eigenvalue weighted by molar-refractivity contribution is 9.10. The first-order valence-electron chi connectivity index (χ1n) is 5.56. The average molecular weight is 324 g/mol. The lowest BCUT2D eigenvalue weighted by Gasteiger charge is -2.06. The molecule has 0 bridgehead atoms. The molecule has 1 nitrogen and oxygen atoms in total. The zero-order valence-corrected chi connectivity index (χ0v) is 12.5. The highest BCUT2D eigenvalue weighted by Crippen LogP contribution is 2.24. The van der Waals surface area contributed by atoms with E-state index in [4.69, 9.17) is 11.6 Å². The summed E-state index contributed by atoms with van der Waals surface area (Å²) >= 11 is 9.42. The number of benzene rings is 2. The highest BCUT2D eigenvalue weighted by atomic mass is 79.9. The van der Waals surface area contributed by atoms with Gasteiger partial charge in [-0.1, -0.05) is 39.7 Å². The van der Waals surface area contributed by atoms with Crippen LogP contribution in [0.25, 0.3) is 0 Å². The van der Waals surface area contributed by atoms with E-state index in [-0.39, 0.29) is 5.78 Å². The Labute approximate surface area is 120 Å². The minimum Gasteiger partial charge on any atom is -0.289 e. The van der Waals surface area contributed by atoms with Gasteiger partial charge in [0.25, 0.3) is 0 Å². The molecule has 0 radical (unpaired) electrons. The third-order valence-corrected chi connectivity index (χ3v) is 3.75. The van der Waals surface area contributed by atoms with E-state index >= 15 is 0 Å². The van der Waals surface area contributed by atoms with Crippen LogP contribution in [0.1, 0.15) is 27.0 Å². The molecule has 0 saturated carbocycles. The second-order valence-corrected chi connectivity index (χ2v) is 5.58. The van der Waals surface area contributed by atoms with Crippen molar-refractivity contribution in [1.29, 1.82) is 0 Å². The number of rotatable bonds is 2. The lowest BCUT2D eigenvalue weighted by Crippen LogP contribution is -2.03. The van der Waals surface area contributed by atoms with Crippen LogP contribution in [0, 0.1) is 13.8 Å². The lowest BCUT2D eigenvalue weighted by atomic mass is 9.99. The van der Waals surface area contributed by atoms with E-state index in [9.17, 15) is 4.79 Å². The zero-order chi connectivity index (χ0) is 13.3. The molecule has 0 spiro atoms. The largest absolute Gasteiger partial charge is 0.289 e. The average Bonchev–Trinajstić information content (AvgIpc) is 2.32. The molecule has 2 rings (SSSR count). The molecule has 0 aliphatic carbocycles. The topological polar surface area (TPSA) is 17.1 Å². The van der Waals surface area contributed by atoms with Crippen LogP contribution < -0.4 is 0 Å². The third-order valence-electron chi connectivity index (χ3n) is 2.94. The molecule has 0 aromatic heterocycles. The second kappa shape index (κ2) is 5.25. The van der Waals surface area contributed by atoms with Gasteiger partial charge >= 0.3 is 0 Å².